The van der Waals surface area contributed by atoms with E-state index < -0.39 is 23.9 Å². The van der Waals surface area contributed by atoms with Crippen molar-refractivity contribution in [2.75, 3.05) is 6.54 Å². The maximum Gasteiger partial charge on any atom is 0.351 e. The van der Waals surface area contributed by atoms with E-state index in [0.717, 1.165) is 0 Å². The lowest BCUT2D eigenvalue weighted by molar-refractivity contribution is -0.140. The number of carboxylic acid groups (broad SMARTS) is 3. The summed E-state index contributed by atoms with van der Waals surface area (Å²) in [6, 6.07) is -0.993. The lowest BCUT2D eigenvalue weighted by Crippen LogP contribution is -2.41. The summed E-state index contributed by atoms with van der Waals surface area (Å²) in [7, 11) is 0. The van der Waals surface area contributed by atoms with E-state index in [0.29, 0.717) is 18.5 Å². The first-order valence-corrected chi connectivity index (χ1v) is 6.25. The van der Waals surface area contributed by atoms with Gasteiger partial charge in [-0.3, -0.25) is 9.79 Å². The van der Waals surface area contributed by atoms with Crippen LogP contribution in [0.5, 0.6) is 0 Å². The molecule has 0 radical (unpaired) electrons. The summed E-state index contributed by atoms with van der Waals surface area (Å²) in [5.41, 5.74) is 0.347. The summed E-state index contributed by atoms with van der Waals surface area (Å²) in [6.45, 7) is 0.339. The Morgan fingerprint density at radius 3 is 2.62 bits per heavy atom. The molecule has 0 amide bonds. The van der Waals surface area contributed by atoms with Crippen LogP contribution in [0, 0.1) is 0 Å². The van der Waals surface area contributed by atoms with E-state index in [1.165, 1.54) is 18.4 Å². The topological polar surface area (TPSA) is 136 Å². The first-order valence-electron chi connectivity index (χ1n) is 6.25. The molecule has 1 heterocycles. The number of hydrogen-bond acceptors (Lipinski definition) is 5. The van der Waals surface area contributed by atoms with E-state index in [1.807, 2.05) is 0 Å². The summed E-state index contributed by atoms with van der Waals surface area (Å²) in [5, 5.41) is 28.7. The number of rotatable bonds is 7. The number of allylic oxidation sites excluding steroid dienone is 2. The van der Waals surface area contributed by atoms with Crippen LogP contribution in [-0.4, -0.2) is 52.0 Å². The molecule has 0 unspecified atom stereocenters. The lowest BCUT2D eigenvalue weighted by Gasteiger charge is -2.21. The van der Waals surface area contributed by atoms with E-state index >= 15 is 0 Å². The summed E-state index contributed by atoms with van der Waals surface area (Å²) < 4.78 is 0. The molecule has 0 aromatic heterocycles. The number of carbonyl (C=O) groups is 3. The maximum absolute atomic E-state index is 10.9. The van der Waals surface area contributed by atoms with Crippen LogP contribution >= 0.6 is 0 Å². The molecule has 4 N–H and O–H groups in total. The van der Waals surface area contributed by atoms with Crippen LogP contribution < -0.4 is 5.32 Å². The maximum atomic E-state index is 10.9. The highest BCUT2D eigenvalue weighted by molar-refractivity contribution is 5.89. The highest BCUT2D eigenvalue weighted by atomic mass is 16.4. The van der Waals surface area contributed by atoms with Crippen molar-refractivity contribution in [3.8, 4) is 0 Å². The van der Waals surface area contributed by atoms with Gasteiger partial charge in [0.2, 0.25) is 0 Å². The van der Waals surface area contributed by atoms with E-state index in [-0.39, 0.29) is 18.5 Å². The fraction of sp³-hybridized carbons (Fsp3) is 0.385. The van der Waals surface area contributed by atoms with Crippen LogP contribution in [-0.2, 0) is 14.4 Å². The highest BCUT2D eigenvalue weighted by Crippen LogP contribution is 2.16. The van der Waals surface area contributed by atoms with Gasteiger partial charge in [0.15, 0.2) is 0 Å². The SMILES string of the molecule is O=C(O)CCCN=C/C=C1/C=C(C(=O)O)N[C@H](C(=O)O)C1. The molecule has 0 aliphatic carbocycles. The Bertz CT molecular complexity index is 521. The quantitative estimate of drug-likeness (QED) is 0.391. The van der Waals surface area contributed by atoms with E-state index in [9.17, 15) is 14.4 Å². The number of hydrogen-bond donors (Lipinski definition) is 4. The molecule has 1 atom stereocenters. The first-order chi connectivity index (χ1) is 9.90. The minimum absolute atomic E-state index is 0.0297. The van der Waals surface area contributed by atoms with Gasteiger partial charge in [-0.05, 0) is 24.1 Å². The van der Waals surface area contributed by atoms with Crippen molar-refractivity contribution in [1.29, 1.82) is 0 Å². The minimum Gasteiger partial charge on any atom is -0.481 e. The predicted octanol–water partition coefficient (Wildman–Crippen LogP) is 0.263. The second-order valence-electron chi connectivity index (χ2n) is 4.40. The molecule has 1 aliphatic heterocycles. The summed E-state index contributed by atoms with van der Waals surface area (Å²) in [5.74, 6) is -3.25. The van der Waals surface area contributed by atoms with Crippen LogP contribution in [0.3, 0.4) is 0 Å². The summed E-state index contributed by atoms with van der Waals surface area (Å²) >= 11 is 0. The zero-order valence-corrected chi connectivity index (χ0v) is 11.2. The van der Waals surface area contributed by atoms with Gasteiger partial charge in [0, 0.05) is 25.6 Å². The van der Waals surface area contributed by atoms with Crippen LogP contribution in [0.25, 0.3) is 0 Å². The van der Waals surface area contributed by atoms with Gasteiger partial charge >= 0.3 is 17.9 Å². The number of aliphatic carboxylic acids is 3. The van der Waals surface area contributed by atoms with Gasteiger partial charge in [-0.15, -0.1) is 0 Å². The normalized spacial score (nSPS) is 20.1. The molecular formula is C13H16N2O6. The number of aliphatic imine (C=N–C) groups is 1. The average molecular weight is 296 g/mol. The number of carboxylic acids is 3. The monoisotopic (exact) mass is 296 g/mol. The van der Waals surface area contributed by atoms with Crippen molar-refractivity contribution >= 4 is 24.1 Å². The predicted molar refractivity (Wildman–Crippen MR) is 73.2 cm³/mol. The number of nitrogens with zero attached hydrogens (tertiary/aromatic N) is 1. The average Bonchev–Trinajstić information content (AvgIpc) is 2.41. The molecule has 1 aliphatic rings. The van der Waals surface area contributed by atoms with Gasteiger partial charge in [-0.25, -0.2) is 9.59 Å². The first kappa shape index (κ1) is 16.4. The molecule has 8 heteroatoms. The molecule has 0 fully saturated rings. The Hall–Kier alpha value is -2.64. The van der Waals surface area contributed by atoms with Crippen molar-refractivity contribution in [3.63, 3.8) is 0 Å². The van der Waals surface area contributed by atoms with Gasteiger partial charge in [0.25, 0.3) is 0 Å². The Morgan fingerprint density at radius 2 is 2.05 bits per heavy atom. The van der Waals surface area contributed by atoms with Crippen molar-refractivity contribution < 1.29 is 29.7 Å². The Kier molecular flexibility index (Phi) is 6.12. The minimum atomic E-state index is -1.23. The molecule has 8 nitrogen and oxygen atoms in total. The molecule has 0 aromatic rings. The van der Waals surface area contributed by atoms with Crippen LogP contribution in [0.2, 0.25) is 0 Å². The third-order valence-corrected chi connectivity index (χ3v) is 2.70. The standard InChI is InChI=1S/C13H16N2O6/c16-11(17)2-1-4-14-5-3-8-6-9(12(18)19)15-10(7-8)13(20)21/h3,5-6,10,15H,1-2,4,7H2,(H,16,17)(H,18,19)(H,20,21)/b8-3-,14-5?/t10-/m0/s1. The molecule has 0 saturated heterocycles. The lowest BCUT2D eigenvalue weighted by atomic mass is 10.00. The summed E-state index contributed by atoms with van der Waals surface area (Å²) in [4.78, 5) is 36.1. The fourth-order valence-corrected chi connectivity index (χ4v) is 1.69. The molecule has 0 bridgehead atoms. The van der Waals surface area contributed by atoms with Crippen LogP contribution in [0.4, 0.5) is 0 Å². The van der Waals surface area contributed by atoms with Gasteiger partial charge < -0.3 is 20.6 Å². The third kappa shape index (κ3) is 5.89. The summed E-state index contributed by atoms with van der Waals surface area (Å²) in [6.07, 6.45) is 4.89. The van der Waals surface area contributed by atoms with Crippen LogP contribution in [0.1, 0.15) is 19.3 Å². The largest absolute Gasteiger partial charge is 0.481 e. The van der Waals surface area contributed by atoms with Crippen molar-refractivity contribution in [3.05, 3.63) is 23.4 Å². The second-order valence-corrected chi connectivity index (χ2v) is 4.40. The van der Waals surface area contributed by atoms with Gasteiger partial charge in [-0.1, -0.05) is 0 Å². The third-order valence-electron chi connectivity index (χ3n) is 2.70. The molecule has 0 saturated carbocycles. The molecule has 1 rings (SSSR count). The van der Waals surface area contributed by atoms with Gasteiger partial charge in [-0.2, -0.15) is 0 Å². The van der Waals surface area contributed by atoms with Crippen molar-refractivity contribution in [1.82, 2.24) is 5.32 Å². The van der Waals surface area contributed by atoms with Crippen molar-refractivity contribution in [2.45, 2.75) is 25.3 Å². The highest BCUT2D eigenvalue weighted by Gasteiger charge is 2.26. The van der Waals surface area contributed by atoms with E-state index in [1.54, 1.807) is 0 Å². The van der Waals surface area contributed by atoms with Crippen molar-refractivity contribution in [2.24, 2.45) is 4.99 Å². The molecular weight excluding hydrogens is 280 g/mol. The smallest absolute Gasteiger partial charge is 0.351 e. The van der Waals surface area contributed by atoms with Gasteiger partial charge in [0.05, 0.1) is 0 Å². The molecule has 0 spiro atoms. The zero-order valence-electron chi connectivity index (χ0n) is 11.2. The fourth-order valence-electron chi connectivity index (χ4n) is 1.69. The molecule has 0 aromatic carbocycles. The van der Waals surface area contributed by atoms with E-state index in [4.69, 9.17) is 15.3 Å². The molecule has 114 valence electrons. The Morgan fingerprint density at radius 1 is 1.33 bits per heavy atom. The van der Waals surface area contributed by atoms with E-state index in [2.05, 4.69) is 10.3 Å². The van der Waals surface area contributed by atoms with Gasteiger partial charge in [0.1, 0.15) is 11.7 Å². The number of nitrogens with one attached hydrogen (secondary N) is 1. The Balaban J connectivity index is 2.66. The zero-order chi connectivity index (χ0) is 15.8. The van der Waals surface area contributed by atoms with Crippen LogP contribution in [0.15, 0.2) is 28.4 Å². The Labute approximate surface area is 120 Å². The second kappa shape index (κ2) is 7.83. The molecule has 21 heavy (non-hydrogen) atoms.